The van der Waals surface area contributed by atoms with Crippen LogP contribution in [0.2, 0.25) is 25.7 Å². The summed E-state index contributed by atoms with van der Waals surface area (Å²) >= 11 is 0. The number of hydrogen-bond acceptors (Lipinski definition) is 3. The summed E-state index contributed by atoms with van der Waals surface area (Å²) in [4.78, 5) is 11.0. The van der Waals surface area contributed by atoms with Gasteiger partial charge in [0.25, 0.3) is 0 Å². The number of hydrogen-bond donors (Lipinski definition) is 1. The summed E-state index contributed by atoms with van der Waals surface area (Å²) in [6.45, 7) is 8.84. The van der Waals surface area contributed by atoms with Gasteiger partial charge in [-0.3, -0.25) is 4.79 Å². The molecule has 0 fully saturated rings. The molecule has 0 rings (SSSR count). The minimum Gasteiger partial charge on any atom is -0.466 e. The molecule has 0 aromatic heterocycles. The van der Waals surface area contributed by atoms with E-state index in [2.05, 4.69) is 19.6 Å². The Morgan fingerprint density at radius 2 is 1.92 bits per heavy atom. The first kappa shape index (κ1) is 12.4. The second-order valence-corrected chi connectivity index (χ2v) is 10.1. The Hall–Kier alpha value is -0.643. The van der Waals surface area contributed by atoms with Gasteiger partial charge in [-0.25, -0.2) is 0 Å². The van der Waals surface area contributed by atoms with Gasteiger partial charge in [-0.1, -0.05) is 19.6 Å². The van der Waals surface area contributed by atoms with Crippen LogP contribution >= 0.6 is 0 Å². The normalized spacial score (nSPS) is 11.1. The maximum absolute atomic E-state index is 11.0. The van der Waals surface area contributed by atoms with E-state index in [0.29, 0.717) is 12.3 Å². The van der Waals surface area contributed by atoms with Gasteiger partial charge in [0, 0.05) is 13.8 Å². The lowest BCUT2D eigenvalue weighted by atomic mass is 10.3. The van der Waals surface area contributed by atoms with Crippen LogP contribution in [0.25, 0.3) is 0 Å². The fourth-order valence-electron chi connectivity index (χ4n) is 0.739. The smallest absolute Gasteiger partial charge is 0.311 e. The average Bonchev–Trinajstić information content (AvgIpc) is 1.81. The van der Waals surface area contributed by atoms with Crippen molar-refractivity contribution in [3.63, 3.8) is 0 Å². The maximum atomic E-state index is 11.0. The fraction of sp³-hybridized carbons (Fsp3) is 0.778. The highest BCUT2D eigenvalue weighted by Crippen LogP contribution is 2.07. The van der Waals surface area contributed by atoms with Gasteiger partial charge in [0.05, 0.1) is 13.0 Å². The quantitative estimate of drug-likeness (QED) is 0.421. The highest BCUT2D eigenvalue weighted by atomic mass is 28.3. The molecule has 0 spiro atoms. The molecule has 0 bridgehead atoms. The van der Waals surface area contributed by atoms with Crippen LogP contribution in [0.15, 0.2) is 0 Å². The molecule has 4 heteroatoms. The first-order valence-electron chi connectivity index (χ1n) is 4.51. The summed E-state index contributed by atoms with van der Waals surface area (Å²) in [7, 11) is -1.09. The van der Waals surface area contributed by atoms with Crippen molar-refractivity contribution in [1.82, 2.24) is 0 Å². The molecule has 0 saturated heterocycles. The Morgan fingerprint density at radius 1 is 1.38 bits per heavy atom. The van der Waals surface area contributed by atoms with Crippen molar-refractivity contribution in [3.8, 4) is 0 Å². The highest BCUT2D eigenvalue weighted by Gasteiger charge is 2.13. The minimum absolute atomic E-state index is 0.131. The van der Waals surface area contributed by atoms with Gasteiger partial charge in [-0.05, 0) is 13.0 Å². The van der Waals surface area contributed by atoms with Crippen molar-refractivity contribution < 1.29 is 9.53 Å². The van der Waals surface area contributed by atoms with E-state index in [1.165, 1.54) is 0 Å². The van der Waals surface area contributed by atoms with Gasteiger partial charge < -0.3 is 10.1 Å². The van der Waals surface area contributed by atoms with E-state index in [1.54, 1.807) is 6.92 Å². The monoisotopic (exact) mass is 201 g/mol. The molecule has 0 amide bonds. The van der Waals surface area contributed by atoms with Crippen LogP contribution in [0.4, 0.5) is 0 Å². The molecular weight excluding hydrogens is 182 g/mol. The van der Waals surface area contributed by atoms with Crippen LogP contribution in [-0.2, 0) is 9.53 Å². The van der Waals surface area contributed by atoms with Crippen molar-refractivity contribution >= 4 is 19.8 Å². The average molecular weight is 201 g/mol. The molecule has 0 radical (unpaired) electrons. The lowest BCUT2D eigenvalue weighted by molar-refractivity contribution is -0.141. The molecule has 0 aliphatic rings. The third-order valence-corrected chi connectivity index (χ3v) is 3.23. The van der Waals surface area contributed by atoms with E-state index in [4.69, 9.17) is 10.1 Å². The van der Waals surface area contributed by atoms with E-state index in [0.717, 1.165) is 6.04 Å². The molecule has 76 valence electrons. The Morgan fingerprint density at radius 3 is 2.31 bits per heavy atom. The number of rotatable bonds is 5. The van der Waals surface area contributed by atoms with Crippen LogP contribution in [0.5, 0.6) is 0 Å². The molecule has 0 aromatic carbocycles. The van der Waals surface area contributed by atoms with Crippen molar-refractivity contribution in [3.05, 3.63) is 0 Å². The van der Waals surface area contributed by atoms with Crippen LogP contribution in [0.1, 0.15) is 13.3 Å². The van der Waals surface area contributed by atoms with Crippen molar-refractivity contribution in [2.45, 2.75) is 39.0 Å². The van der Waals surface area contributed by atoms with Gasteiger partial charge >= 0.3 is 5.97 Å². The molecule has 0 atom stereocenters. The highest BCUT2D eigenvalue weighted by molar-refractivity contribution is 6.76. The molecule has 3 nitrogen and oxygen atoms in total. The fourth-order valence-corrected chi connectivity index (χ4v) is 1.45. The van der Waals surface area contributed by atoms with E-state index >= 15 is 0 Å². The third-order valence-electron chi connectivity index (χ3n) is 1.52. The number of esters is 1. The number of ether oxygens (including phenoxy) is 1. The van der Waals surface area contributed by atoms with E-state index in [1.807, 2.05) is 0 Å². The second-order valence-electron chi connectivity index (χ2n) is 4.49. The Kier molecular flexibility index (Phi) is 4.91. The molecule has 0 aliphatic carbocycles. The number of nitrogens with one attached hydrogen (secondary N) is 1. The first-order valence-corrected chi connectivity index (χ1v) is 8.21. The van der Waals surface area contributed by atoms with Crippen molar-refractivity contribution in [2.24, 2.45) is 0 Å². The van der Waals surface area contributed by atoms with E-state index in [9.17, 15) is 4.79 Å². The minimum atomic E-state index is -1.09. The molecule has 0 heterocycles. The molecule has 1 N–H and O–H groups in total. The Labute approximate surface area is 81.0 Å². The van der Waals surface area contributed by atoms with Crippen LogP contribution in [0, 0.1) is 5.41 Å². The molecular formula is C9H19NO2Si. The standard InChI is InChI=1S/C9H19NO2Si/c1-8(10)7-9(11)12-5-6-13(2,3)4/h10H,5-7H2,1-4H3. The number of carbonyl (C=O) groups is 1. The van der Waals surface area contributed by atoms with Crippen LogP contribution in [-0.4, -0.2) is 26.4 Å². The second kappa shape index (κ2) is 5.17. The molecule has 13 heavy (non-hydrogen) atoms. The van der Waals surface area contributed by atoms with Gasteiger partial charge in [-0.2, -0.15) is 0 Å². The summed E-state index contributed by atoms with van der Waals surface area (Å²) in [5.74, 6) is -0.272. The maximum Gasteiger partial charge on any atom is 0.311 e. The summed E-state index contributed by atoms with van der Waals surface area (Å²) in [5.41, 5.74) is 0.359. The van der Waals surface area contributed by atoms with Crippen LogP contribution < -0.4 is 0 Å². The lowest BCUT2D eigenvalue weighted by Gasteiger charge is -2.15. The Balaban J connectivity index is 3.54. The van der Waals surface area contributed by atoms with Gasteiger partial charge in [0.15, 0.2) is 0 Å². The third kappa shape index (κ3) is 9.27. The topological polar surface area (TPSA) is 50.2 Å². The lowest BCUT2D eigenvalue weighted by Crippen LogP contribution is -2.23. The van der Waals surface area contributed by atoms with E-state index in [-0.39, 0.29) is 12.4 Å². The molecule has 0 saturated carbocycles. The van der Waals surface area contributed by atoms with Gasteiger partial charge in [0.2, 0.25) is 0 Å². The first-order chi connectivity index (χ1) is 5.81. The van der Waals surface area contributed by atoms with Crippen LogP contribution in [0.3, 0.4) is 0 Å². The summed E-state index contributed by atoms with van der Waals surface area (Å²) < 4.78 is 4.98. The summed E-state index contributed by atoms with van der Waals surface area (Å²) in [6.07, 6.45) is 0.131. The zero-order valence-electron chi connectivity index (χ0n) is 8.94. The predicted molar refractivity (Wildman–Crippen MR) is 57.1 cm³/mol. The van der Waals surface area contributed by atoms with Crippen molar-refractivity contribution in [2.75, 3.05) is 6.61 Å². The molecule has 0 aliphatic heterocycles. The van der Waals surface area contributed by atoms with Gasteiger partial charge in [0.1, 0.15) is 0 Å². The summed E-state index contributed by atoms with van der Waals surface area (Å²) in [5, 5.41) is 7.09. The summed E-state index contributed by atoms with van der Waals surface area (Å²) in [6, 6.07) is 0.996. The molecule has 0 aromatic rings. The largest absolute Gasteiger partial charge is 0.466 e. The number of carbonyl (C=O) groups excluding carboxylic acids is 1. The van der Waals surface area contributed by atoms with E-state index < -0.39 is 8.07 Å². The van der Waals surface area contributed by atoms with Gasteiger partial charge in [-0.15, -0.1) is 0 Å². The Bertz CT molecular complexity index is 196. The zero-order valence-corrected chi connectivity index (χ0v) is 9.94. The predicted octanol–water partition coefficient (Wildman–Crippen LogP) is 2.30. The van der Waals surface area contributed by atoms with Crippen molar-refractivity contribution in [1.29, 1.82) is 5.41 Å². The molecule has 0 unspecified atom stereocenters. The zero-order chi connectivity index (χ0) is 10.5. The SMILES string of the molecule is CC(=N)CC(=O)OCC[Si](C)(C)C.